The van der Waals surface area contributed by atoms with E-state index in [1.807, 2.05) is 13.0 Å². The zero-order valence-electron chi connectivity index (χ0n) is 19.4. The van der Waals surface area contributed by atoms with Gasteiger partial charge in [-0.05, 0) is 38.8 Å². The Kier molecular flexibility index (Phi) is 9.80. The van der Waals surface area contributed by atoms with Crippen LogP contribution < -0.4 is 5.32 Å². The van der Waals surface area contributed by atoms with Crippen LogP contribution in [0.1, 0.15) is 36.8 Å². The third kappa shape index (κ3) is 6.92. The molecule has 3 heterocycles. The topological polar surface area (TPSA) is 60.1 Å². The quantitative estimate of drug-likeness (QED) is 0.323. The van der Waals surface area contributed by atoms with Crippen LogP contribution in [-0.2, 0) is 13.1 Å². The van der Waals surface area contributed by atoms with Crippen LogP contribution in [0.4, 0.5) is 0 Å². The summed E-state index contributed by atoms with van der Waals surface area (Å²) in [5.41, 5.74) is 2.41. The molecule has 4 rings (SSSR count). The summed E-state index contributed by atoms with van der Waals surface area (Å²) in [5.74, 6) is 1.94. The molecule has 0 bridgehead atoms. The monoisotopic (exact) mass is 552 g/mol. The molecule has 2 aliphatic rings. The van der Waals surface area contributed by atoms with Crippen molar-refractivity contribution in [2.75, 3.05) is 45.8 Å². The average molecular weight is 553 g/mol. The van der Waals surface area contributed by atoms with E-state index in [1.54, 1.807) is 0 Å². The van der Waals surface area contributed by atoms with Crippen LogP contribution in [0, 0.1) is 6.92 Å². The minimum absolute atomic E-state index is 0. The molecule has 0 spiro atoms. The summed E-state index contributed by atoms with van der Waals surface area (Å²) in [6, 6.07) is 13.4. The SMILES string of the molecule is CCNC(=NCC1CCCN1Cc1ccccc1)N1CCN(Cc2cc(C)on2)CC1.I. The highest BCUT2D eigenvalue weighted by molar-refractivity contribution is 14.0. The van der Waals surface area contributed by atoms with Crippen molar-refractivity contribution in [3.8, 4) is 0 Å². The van der Waals surface area contributed by atoms with E-state index in [2.05, 4.69) is 62.4 Å². The second-order valence-electron chi connectivity index (χ2n) is 8.64. The molecule has 1 aromatic heterocycles. The molecule has 0 saturated carbocycles. The largest absolute Gasteiger partial charge is 0.361 e. The number of hydrogen-bond acceptors (Lipinski definition) is 5. The van der Waals surface area contributed by atoms with Crippen LogP contribution in [0.2, 0.25) is 0 Å². The van der Waals surface area contributed by atoms with E-state index >= 15 is 0 Å². The Morgan fingerprint density at radius 2 is 1.91 bits per heavy atom. The Bertz CT molecular complexity index is 834. The molecule has 1 unspecified atom stereocenters. The minimum atomic E-state index is 0. The Morgan fingerprint density at radius 3 is 2.59 bits per heavy atom. The van der Waals surface area contributed by atoms with Gasteiger partial charge in [0.05, 0.1) is 12.2 Å². The lowest BCUT2D eigenvalue weighted by Crippen LogP contribution is -2.52. The van der Waals surface area contributed by atoms with Gasteiger partial charge in [-0.2, -0.15) is 0 Å². The van der Waals surface area contributed by atoms with Crippen LogP contribution in [-0.4, -0.2) is 77.7 Å². The highest BCUT2D eigenvalue weighted by Crippen LogP contribution is 2.20. The van der Waals surface area contributed by atoms with Gasteiger partial charge in [-0.1, -0.05) is 35.5 Å². The maximum absolute atomic E-state index is 5.20. The standard InChI is InChI=1S/C24H36N6O.HI/c1-3-25-24(29-14-12-28(13-15-29)19-22-16-20(2)31-27-22)26-17-23-10-7-11-30(23)18-21-8-5-4-6-9-21;/h4-6,8-9,16,23H,3,7,10-15,17-19H2,1-2H3,(H,25,26);1H. The maximum atomic E-state index is 5.20. The Labute approximate surface area is 209 Å². The summed E-state index contributed by atoms with van der Waals surface area (Å²) in [6.45, 7) is 12.9. The highest BCUT2D eigenvalue weighted by atomic mass is 127. The first-order valence-corrected chi connectivity index (χ1v) is 11.7. The lowest BCUT2D eigenvalue weighted by molar-refractivity contribution is 0.168. The number of aryl methyl sites for hydroxylation is 1. The van der Waals surface area contributed by atoms with Crippen molar-refractivity contribution in [3.05, 3.63) is 53.4 Å². The fourth-order valence-corrected chi connectivity index (χ4v) is 4.59. The fourth-order valence-electron chi connectivity index (χ4n) is 4.59. The Balaban J connectivity index is 0.00000289. The molecule has 0 radical (unpaired) electrons. The molecule has 0 amide bonds. The van der Waals surface area contributed by atoms with Crippen molar-refractivity contribution in [2.45, 2.75) is 45.8 Å². The normalized spacial score (nSPS) is 20.4. The molecule has 1 aromatic carbocycles. The van der Waals surface area contributed by atoms with E-state index in [9.17, 15) is 0 Å². The molecule has 2 saturated heterocycles. The van der Waals surface area contributed by atoms with Crippen molar-refractivity contribution in [1.29, 1.82) is 0 Å². The van der Waals surface area contributed by atoms with E-state index < -0.39 is 0 Å². The summed E-state index contributed by atoms with van der Waals surface area (Å²) in [6.07, 6.45) is 2.50. The number of aromatic nitrogens is 1. The van der Waals surface area contributed by atoms with Crippen molar-refractivity contribution in [2.24, 2.45) is 4.99 Å². The molecular formula is C24H37IN6O. The first-order chi connectivity index (χ1) is 15.2. The third-order valence-electron chi connectivity index (χ3n) is 6.25. The number of hydrogen-bond donors (Lipinski definition) is 1. The highest BCUT2D eigenvalue weighted by Gasteiger charge is 2.25. The van der Waals surface area contributed by atoms with Gasteiger partial charge < -0.3 is 14.7 Å². The molecule has 32 heavy (non-hydrogen) atoms. The Hall–Kier alpha value is -1.65. The lowest BCUT2D eigenvalue weighted by Gasteiger charge is -2.36. The van der Waals surface area contributed by atoms with E-state index in [0.717, 1.165) is 69.8 Å². The maximum Gasteiger partial charge on any atom is 0.194 e. The van der Waals surface area contributed by atoms with E-state index in [0.29, 0.717) is 6.04 Å². The number of benzene rings is 1. The molecule has 2 fully saturated rings. The second-order valence-corrected chi connectivity index (χ2v) is 8.64. The van der Waals surface area contributed by atoms with Gasteiger partial charge in [0.15, 0.2) is 5.96 Å². The van der Waals surface area contributed by atoms with E-state index in [4.69, 9.17) is 9.52 Å². The smallest absolute Gasteiger partial charge is 0.194 e. The number of guanidine groups is 1. The molecule has 176 valence electrons. The van der Waals surface area contributed by atoms with Gasteiger partial charge >= 0.3 is 0 Å². The summed E-state index contributed by atoms with van der Waals surface area (Å²) >= 11 is 0. The van der Waals surface area contributed by atoms with Gasteiger partial charge in [0.1, 0.15) is 5.76 Å². The van der Waals surface area contributed by atoms with Gasteiger partial charge in [-0.3, -0.25) is 14.8 Å². The lowest BCUT2D eigenvalue weighted by atomic mass is 10.2. The van der Waals surface area contributed by atoms with Gasteiger partial charge in [0, 0.05) is 57.9 Å². The number of rotatable bonds is 7. The number of aliphatic imine (C=N–C) groups is 1. The van der Waals surface area contributed by atoms with Crippen LogP contribution in [0.25, 0.3) is 0 Å². The fraction of sp³-hybridized carbons (Fsp3) is 0.583. The average Bonchev–Trinajstić information content (AvgIpc) is 3.41. The second kappa shape index (κ2) is 12.6. The van der Waals surface area contributed by atoms with Crippen molar-refractivity contribution in [1.82, 2.24) is 25.2 Å². The van der Waals surface area contributed by atoms with Crippen molar-refractivity contribution < 1.29 is 4.52 Å². The van der Waals surface area contributed by atoms with Gasteiger partial charge in [0.25, 0.3) is 0 Å². The Morgan fingerprint density at radius 1 is 1.12 bits per heavy atom. The predicted octanol–water partition coefficient (Wildman–Crippen LogP) is 3.35. The van der Waals surface area contributed by atoms with Crippen LogP contribution >= 0.6 is 24.0 Å². The van der Waals surface area contributed by atoms with Crippen molar-refractivity contribution in [3.63, 3.8) is 0 Å². The molecule has 2 aromatic rings. The summed E-state index contributed by atoms with van der Waals surface area (Å²) in [7, 11) is 0. The summed E-state index contributed by atoms with van der Waals surface area (Å²) < 4.78 is 5.20. The summed E-state index contributed by atoms with van der Waals surface area (Å²) in [5, 5.41) is 7.65. The first-order valence-electron chi connectivity index (χ1n) is 11.7. The third-order valence-corrected chi connectivity index (χ3v) is 6.25. The van der Waals surface area contributed by atoms with Gasteiger partial charge in [-0.25, -0.2) is 0 Å². The molecule has 0 aliphatic carbocycles. The molecule has 2 aliphatic heterocycles. The number of nitrogens with zero attached hydrogens (tertiary/aromatic N) is 5. The van der Waals surface area contributed by atoms with Crippen LogP contribution in [0.5, 0.6) is 0 Å². The number of likely N-dealkylation sites (tertiary alicyclic amines) is 1. The number of nitrogens with one attached hydrogen (secondary N) is 1. The number of halogens is 1. The zero-order valence-corrected chi connectivity index (χ0v) is 21.7. The van der Waals surface area contributed by atoms with Gasteiger partial charge in [-0.15, -0.1) is 24.0 Å². The zero-order chi connectivity index (χ0) is 21.5. The minimum Gasteiger partial charge on any atom is -0.361 e. The molecule has 8 heteroatoms. The van der Waals surface area contributed by atoms with E-state index in [1.165, 1.54) is 24.9 Å². The molecule has 1 atom stereocenters. The predicted molar refractivity (Wildman–Crippen MR) is 139 cm³/mol. The van der Waals surface area contributed by atoms with Crippen LogP contribution in [0.15, 0.2) is 45.9 Å². The first kappa shape index (κ1) is 25.0. The molecule has 7 nitrogen and oxygen atoms in total. The van der Waals surface area contributed by atoms with E-state index in [-0.39, 0.29) is 24.0 Å². The van der Waals surface area contributed by atoms with Gasteiger partial charge in [0.2, 0.25) is 0 Å². The molecule has 1 N–H and O–H groups in total. The summed E-state index contributed by atoms with van der Waals surface area (Å²) in [4.78, 5) is 12.5. The number of piperazine rings is 1. The molecular weight excluding hydrogens is 515 g/mol. The van der Waals surface area contributed by atoms with Crippen molar-refractivity contribution >= 4 is 29.9 Å². The van der Waals surface area contributed by atoms with Crippen LogP contribution in [0.3, 0.4) is 0 Å².